The molecule has 2 bridgehead atoms. The summed E-state index contributed by atoms with van der Waals surface area (Å²) >= 11 is 0. The molecule has 3 atom stereocenters. The standard InChI is InChI=1S/C19H23NO4/c21-17(15-12-14-6-7-16(15)24-14)20-10-8-19(9-11-20,18(22)23)13-4-2-1-3-5-13/h1-5,14-16H,6-12H2,(H,22,23). The van der Waals surface area contributed by atoms with Crippen LogP contribution < -0.4 is 0 Å². The van der Waals surface area contributed by atoms with Crippen LogP contribution in [0.1, 0.15) is 37.7 Å². The van der Waals surface area contributed by atoms with Crippen molar-refractivity contribution in [2.45, 2.75) is 49.7 Å². The number of carbonyl (C=O) groups is 2. The zero-order valence-electron chi connectivity index (χ0n) is 13.7. The number of fused-ring (bicyclic) bond motifs is 2. The Morgan fingerprint density at radius 2 is 1.83 bits per heavy atom. The van der Waals surface area contributed by atoms with Crippen molar-refractivity contribution >= 4 is 11.9 Å². The second-order valence-electron chi connectivity index (χ2n) is 7.29. The Morgan fingerprint density at radius 1 is 1.12 bits per heavy atom. The van der Waals surface area contributed by atoms with Crippen LogP contribution in [0.5, 0.6) is 0 Å². The van der Waals surface area contributed by atoms with Gasteiger partial charge in [-0.1, -0.05) is 30.3 Å². The molecule has 0 saturated carbocycles. The Labute approximate surface area is 141 Å². The number of hydrogen-bond acceptors (Lipinski definition) is 3. The number of hydrogen-bond donors (Lipinski definition) is 1. The SMILES string of the molecule is O=C(C1CC2CCC1O2)N1CCC(C(=O)O)(c2ccccc2)CC1. The summed E-state index contributed by atoms with van der Waals surface area (Å²) < 4.78 is 5.80. The third kappa shape index (κ3) is 2.42. The van der Waals surface area contributed by atoms with Gasteiger partial charge in [-0.3, -0.25) is 9.59 Å². The Kier molecular flexibility index (Phi) is 3.83. The van der Waals surface area contributed by atoms with Gasteiger partial charge in [0.2, 0.25) is 5.91 Å². The first kappa shape index (κ1) is 15.6. The smallest absolute Gasteiger partial charge is 0.314 e. The first-order valence-corrected chi connectivity index (χ1v) is 8.83. The number of carboxylic acids is 1. The van der Waals surface area contributed by atoms with Crippen LogP contribution in [0.4, 0.5) is 0 Å². The third-order valence-electron chi connectivity index (χ3n) is 6.09. The van der Waals surface area contributed by atoms with Crippen LogP contribution in [0, 0.1) is 5.92 Å². The minimum atomic E-state index is -0.872. The van der Waals surface area contributed by atoms with Crippen LogP contribution in [0.15, 0.2) is 30.3 Å². The predicted molar refractivity (Wildman–Crippen MR) is 87.6 cm³/mol. The molecule has 1 amide bonds. The summed E-state index contributed by atoms with van der Waals surface area (Å²) in [4.78, 5) is 26.7. The maximum Gasteiger partial charge on any atom is 0.314 e. The molecule has 4 rings (SSSR count). The highest BCUT2D eigenvalue weighted by molar-refractivity contribution is 5.83. The van der Waals surface area contributed by atoms with Crippen LogP contribution in [-0.4, -0.2) is 47.2 Å². The van der Waals surface area contributed by atoms with E-state index in [-0.39, 0.29) is 24.0 Å². The fourth-order valence-electron chi connectivity index (χ4n) is 4.62. The Morgan fingerprint density at radius 3 is 2.38 bits per heavy atom. The lowest BCUT2D eigenvalue weighted by atomic mass is 9.72. The summed E-state index contributed by atoms with van der Waals surface area (Å²) in [5.41, 5.74) is -0.0312. The Balaban J connectivity index is 1.47. The van der Waals surface area contributed by atoms with Gasteiger partial charge in [-0.2, -0.15) is 0 Å². The number of nitrogens with zero attached hydrogens (tertiary/aromatic N) is 1. The number of aliphatic carboxylic acids is 1. The lowest BCUT2D eigenvalue weighted by molar-refractivity contribution is -0.149. The van der Waals surface area contributed by atoms with E-state index >= 15 is 0 Å². The molecule has 24 heavy (non-hydrogen) atoms. The van der Waals surface area contributed by atoms with Crippen LogP contribution >= 0.6 is 0 Å². The van der Waals surface area contributed by atoms with E-state index in [1.165, 1.54) is 0 Å². The molecule has 3 aliphatic rings. The van der Waals surface area contributed by atoms with Crippen molar-refractivity contribution < 1.29 is 19.4 Å². The molecule has 3 unspecified atom stereocenters. The van der Waals surface area contributed by atoms with Gasteiger partial charge in [-0.15, -0.1) is 0 Å². The van der Waals surface area contributed by atoms with Crippen molar-refractivity contribution in [2.24, 2.45) is 5.92 Å². The average molecular weight is 329 g/mol. The molecule has 0 aliphatic carbocycles. The summed E-state index contributed by atoms with van der Waals surface area (Å²) in [5, 5.41) is 9.84. The van der Waals surface area contributed by atoms with Crippen LogP contribution in [0.3, 0.4) is 0 Å². The number of benzene rings is 1. The van der Waals surface area contributed by atoms with Crippen molar-refractivity contribution in [1.82, 2.24) is 4.90 Å². The molecular weight excluding hydrogens is 306 g/mol. The molecule has 128 valence electrons. The van der Waals surface area contributed by atoms with E-state index in [2.05, 4.69) is 0 Å². The summed E-state index contributed by atoms with van der Waals surface area (Å²) in [6.45, 7) is 1.02. The second kappa shape index (κ2) is 5.88. The Hall–Kier alpha value is -1.88. The number of carboxylic acid groups (broad SMARTS) is 1. The molecule has 0 aromatic heterocycles. The normalized spacial score (nSPS) is 31.2. The fourth-order valence-corrected chi connectivity index (χ4v) is 4.62. The van der Waals surface area contributed by atoms with Gasteiger partial charge in [0.1, 0.15) is 0 Å². The summed E-state index contributed by atoms with van der Waals surface area (Å²) in [6, 6.07) is 9.42. The summed E-state index contributed by atoms with van der Waals surface area (Å²) in [5.74, 6) is -0.642. The van der Waals surface area contributed by atoms with Crippen molar-refractivity contribution in [2.75, 3.05) is 13.1 Å². The van der Waals surface area contributed by atoms with E-state index in [1.807, 2.05) is 35.2 Å². The highest BCUT2D eigenvalue weighted by Crippen LogP contribution is 2.41. The molecule has 3 fully saturated rings. The minimum Gasteiger partial charge on any atom is -0.481 e. The zero-order valence-corrected chi connectivity index (χ0v) is 13.7. The second-order valence-corrected chi connectivity index (χ2v) is 7.29. The molecule has 3 heterocycles. The molecule has 3 saturated heterocycles. The molecule has 0 spiro atoms. The Bertz CT molecular complexity index is 636. The van der Waals surface area contributed by atoms with Crippen LogP contribution in [0.25, 0.3) is 0 Å². The predicted octanol–water partition coefficient (Wildman–Crippen LogP) is 2.20. The van der Waals surface area contributed by atoms with Gasteiger partial charge in [0.05, 0.1) is 23.5 Å². The van der Waals surface area contributed by atoms with E-state index in [4.69, 9.17) is 4.74 Å². The molecule has 1 N–H and O–H groups in total. The van der Waals surface area contributed by atoms with Gasteiger partial charge in [-0.05, 0) is 37.7 Å². The van der Waals surface area contributed by atoms with E-state index in [0.717, 1.165) is 24.8 Å². The number of amides is 1. The molecule has 1 aromatic rings. The molecule has 0 radical (unpaired) electrons. The van der Waals surface area contributed by atoms with Crippen LogP contribution in [0.2, 0.25) is 0 Å². The van der Waals surface area contributed by atoms with E-state index in [9.17, 15) is 14.7 Å². The average Bonchev–Trinajstić information content (AvgIpc) is 3.25. The molecule has 5 heteroatoms. The first-order chi connectivity index (χ1) is 11.6. The van der Waals surface area contributed by atoms with Crippen molar-refractivity contribution in [3.63, 3.8) is 0 Å². The van der Waals surface area contributed by atoms with Crippen LogP contribution in [-0.2, 0) is 19.7 Å². The topological polar surface area (TPSA) is 66.8 Å². The van der Waals surface area contributed by atoms with Gasteiger partial charge in [0, 0.05) is 13.1 Å². The number of carbonyl (C=O) groups excluding carboxylic acids is 1. The number of likely N-dealkylation sites (tertiary alicyclic amines) is 1. The molecule has 1 aromatic carbocycles. The fraction of sp³-hybridized carbons (Fsp3) is 0.579. The lowest BCUT2D eigenvalue weighted by Crippen LogP contribution is -2.51. The van der Waals surface area contributed by atoms with Gasteiger partial charge in [-0.25, -0.2) is 0 Å². The third-order valence-corrected chi connectivity index (χ3v) is 6.09. The van der Waals surface area contributed by atoms with E-state index in [0.29, 0.717) is 25.9 Å². The highest BCUT2D eigenvalue weighted by atomic mass is 16.5. The summed E-state index contributed by atoms with van der Waals surface area (Å²) in [6.07, 6.45) is 4.18. The van der Waals surface area contributed by atoms with Gasteiger partial charge in [0.15, 0.2) is 0 Å². The van der Waals surface area contributed by atoms with Crippen molar-refractivity contribution in [3.8, 4) is 0 Å². The lowest BCUT2D eigenvalue weighted by Gasteiger charge is -2.40. The van der Waals surface area contributed by atoms with Gasteiger partial charge in [0.25, 0.3) is 0 Å². The maximum atomic E-state index is 12.8. The van der Waals surface area contributed by atoms with Crippen molar-refractivity contribution in [1.29, 1.82) is 0 Å². The first-order valence-electron chi connectivity index (χ1n) is 8.83. The highest BCUT2D eigenvalue weighted by Gasteiger charge is 2.48. The van der Waals surface area contributed by atoms with Crippen molar-refractivity contribution in [3.05, 3.63) is 35.9 Å². The quantitative estimate of drug-likeness (QED) is 0.923. The molecule has 3 aliphatic heterocycles. The summed E-state index contributed by atoms with van der Waals surface area (Å²) in [7, 11) is 0. The minimum absolute atomic E-state index is 0.0159. The maximum absolute atomic E-state index is 12.8. The van der Waals surface area contributed by atoms with E-state index in [1.54, 1.807) is 0 Å². The molecule has 5 nitrogen and oxygen atoms in total. The molecular formula is C19H23NO4. The van der Waals surface area contributed by atoms with Gasteiger partial charge < -0.3 is 14.7 Å². The zero-order chi connectivity index (χ0) is 16.7. The number of ether oxygens (including phenoxy) is 1. The van der Waals surface area contributed by atoms with Gasteiger partial charge >= 0.3 is 5.97 Å². The largest absolute Gasteiger partial charge is 0.481 e. The monoisotopic (exact) mass is 329 g/mol. The van der Waals surface area contributed by atoms with E-state index < -0.39 is 11.4 Å². The number of piperidine rings is 1. The number of rotatable bonds is 3.